The molecule has 0 N–H and O–H groups in total. The molecule has 0 aromatic heterocycles. The molecule has 5 heteroatoms. The third kappa shape index (κ3) is 13.3. The summed E-state index contributed by atoms with van der Waals surface area (Å²) in [5, 5.41) is 0. The molecule has 0 bridgehead atoms. The summed E-state index contributed by atoms with van der Waals surface area (Å²) in [7, 11) is -3.93. The van der Waals surface area contributed by atoms with Crippen molar-refractivity contribution in [2.45, 2.75) is 109 Å². The Bertz CT molecular complexity index is 667. The molecule has 0 aliphatic carbocycles. The highest BCUT2D eigenvalue weighted by Crippen LogP contribution is 2.15. The van der Waals surface area contributed by atoms with Crippen molar-refractivity contribution in [1.29, 1.82) is 0 Å². The minimum atomic E-state index is -3.51. The highest BCUT2D eigenvalue weighted by atomic mass is 32.3. The SMILES string of the molecule is CCCCCCCCCCCCCCCC/S(C)=N/S(=O)(=O)c1ccc(C)cc1. The van der Waals surface area contributed by atoms with Crippen LogP contribution >= 0.6 is 0 Å². The van der Waals surface area contributed by atoms with Gasteiger partial charge >= 0.3 is 0 Å². The van der Waals surface area contributed by atoms with Crippen molar-refractivity contribution in [3.8, 4) is 0 Å². The van der Waals surface area contributed by atoms with Crippen molar-refractivity contribution in [3.05, 3.63) is 29.8 Å². The molecule has 0 radical (unpaired) electrons. The maximum Gasteiger partial charge on any atom is 0.287 e. The van der Waals surface area contributed by atoms with E-state index in [0.29, 0.717) is 4.90 Å². The van der Waals surface area contributed by atoms with Gasteiger partial charge in [-0.2, -0.15) is 8.42 Å². The Morgan fingerprint density at radius 2 is 1.14 bits per heavy atom. The van der Waals surface area contributed by atoms with Gasteiger partial charge in [0.25, 0.3) is 10.0 Å². The Morgan fingerprint density at radius 3 is 1.59 bits per heavy atom. The van der Waals surface area contributed by atoms with Crippen molar-refractivity contribution in [1.82, 2.24) is 0 Å². The van der Waals surface area contributed by atoms with Gasteiger partial charge in [0.1, 0.15) is 0 Å². The third-order valence-corrected chi connectivity index (χ3v) is 8.89. The van der Waals surface area contributed by atoms with Gasteiger partial charge in [-0.25, -0.2) is 0 Å². The predicted molar refractivity (Wildman–Crippen MR) is 129 cm³/mol. The Labute approximate surface area is 183 Å². The van der Waals surface area contributed by atoms with Crippen LogP contribution in [0.25, 0.3) is 0 Å². The van der Waals surface area contributed by atoms with Gasteiger partial charge in [-0.3, -0.25) is 0 Å². The predicted octanol–water partition coefficient (Wildman–Crippen LogP) is 7.60. The first kappa shape index (κ1) is 26.4. The molecule has 0 amide bonds. The highest BCUT2D eigenvalue weighted by Gasteiger charge is 2.12. The average molecular weight is 442 g/mol. The molecule has 0 saturated carbocycles. The van der Waals surface area contributed by atoms with E-state index in [-0.39, 0.29) is 0 Å². The number of aryl methyl sites for hydroxylation is 1. The third-order valence-electron chi connectivity index (χ3n) is 5.34. The fourth-order valence-corrected chi connectivity index (χ4v) is 6.55. The minimum absolute atomic E-state index is 0.309. The Morgan fingerprint density at radius 1 is 0.724 bits per heavy atom. The molecule has 1 aromatic carbocycles. The molecule has 0 heterocycles. The molecular formula is C24H43NO2S2. The van der Waals surface area contributed by atoms with Crippen molar-refractivity contribution in [2.75, 3.05) is 12.0 Å². The van der Waals surface area contributed by atoms with Crippen LogP contribution in [0.5, 0.6) is 0 Å². The molecular weight excluding hydrogens is 398 g/mol. The lowest BCUT2D eigenvalue weighted by atomic mass is 10.0. The maximum absolute atomic E-state index is 12.3. The topological polar surface area (TPSA) is 46.5 Å². The van der Waals surface area contributed by atoms with Gasteiger partial charge in [-0.05, 0) is 31.7 Å². The lowest BCUT2D eigenvalue weighted by molar-refractivity contribution is 0.538. The highest BCUT2D eigenvalue weighted by molar-refractivity contribution is 7.99. The standard InChI is InChI=1S/C24H43NO2S2/c1-4-5-6-7-8-9-10-11-12-13-14-15-16-17-22-28(3)25-29(26,27)24-20-18-23(2)19-21-24/h18-21H,4-17,22H2,1-3H3. The molecule has 1 unspecified atom stereocenters. The molecule has 0 aliphatic heterocycles. The first-order valence-corrected chi connectivity index (χ1v) is 14.8. The van der Waals surface area contributed by atoms with E-state index in [9.17, 15) is 8.42 Å². The van der Waals surface area contributed by atoms with E-state index in [0.717, 1.165) is 17.7 Å². The van der Waals surface area contributed by atoms with Crippen molar-refractivity contribution < 1.29 is 8.42 Å². The van der Waals surface area contributed by atoms with Crippen LogP contribution in [0.2, 0.25) is 0 Å². The fourth-order valence-electron chi connectivity index (χ4n) is 3.46. The summed E-state index contributed by atoms with van der Waals surface area (Å²) in [6.07, 6.45) is 20.7. The second-order valence-corrected chi connectivity index (χ2v) is 11.9. The van der Waals surface area contributed by atoms with Crippen LogP contribution in [0.4, 0.5) is 0 Å². The molecule has 0 aliphatic rings. The van der Waals surface area contributed by atoms with E-state index in [1.54, 1.807) is 12.1 Å². The largest absolute Gasteiger partial charge is 0.287 e. The first-order valence-electron chi connectivity index (χ1n) is 11.6. The Balaban J connectivity index is 2.04. The normalized spacial score (nSPS) is 13.1. The van der Waals surface area contributed by atoms with Crippen LogP contribution in [0.3, 0.4) is 0 Å². The smallest absolute Gasteiger partial charge is 0.199 e. The second kappa shape index (κ2) is 16.1. The lowest BCUT2D eigenvalue weighted by Crippen LogP contribution is -2.02. The quantitative estimate of drug-likeness (QED) is 0.234. The molecule has 1 aromatic rings. The fraction of sp³-hybridized carbons (Fsp3) is 0.750. The molecule has 1 rings (SSSR count). The van der Waals surface area contributed by atoms with E-state index in [2.05, 4.69) is 10.7 Å². The first-order chi connectivity index (χ1) is 14.0. The number of hydrogen-bond donors (Lipinski definition) is 0. The molecule has 168 valence electrons. The van der Waals surface area contributed by atoms with Gasteiger partial charge in [0.05, 0.1) is 4.90 Å². The van der Waals surface area contributed by atoms with Gasteiger partial charge in [0.2, 0.25) is 0 Å². The van der Waals surface area contributed by atoms with Gasteiger partial charge in [-0.1, -0.05) is 119 Å². The molecule has 0 fully saturated rings. The average Bonchev–Trinajstić information content (AvgIpc) is 2.68. The van der Waals surface area contributed by atoms with Crippen molar-refractivity contribution in [2.24, 2.45) is 3.77 Å². The molecule has 0 saturated heterocycles. The van der Waals surface area contributed by atoms with E-state index < -0.39 is 20.7 Å². The molecule has 29 heavy (non-hydrogen) atoms. The lowest BCUT2D eigenvalue weighted by Gasteiger charge is -2.05. The van der Waals surface area contributed by atoms with Crippen molar-refractivity contribution in [3.63, 3.8) is 0 Å². The minimum Gasteiger partial charge on any atom is -0.199 e. The van der Waals surface area contributed by atoms with E-state index >= 15 is 0 Å². The number of rotatable bonds is 17. The second-order valence-electron chi connectivity index (χ2n) is 8.26. The Hall–Kier alpha value is -0.680. The summed E-state index contributed by atoms with van der Waals surface area (Å²) in [6.45, 7) is 4.22. The van der Waals surface area contributed by atoms with Gasteiger partial charge in [0, 0.05) is 5.75 Å². The van der Waals surface area contributed by atoms with E-state index in [1.807, 2.05) is 25.3 Å². The summed E-state index contributed by atoms with van der Waals surface area (Å²) in [5.41, 5.74) is 1.06. The van der Waals surface area contributed by atoms with Gasteiger partial charge in [0.15, 0.2) is 0 Å². The zero-order valence-electron chi connectivity index (χ0n) is 19.0. The number of sulfonamides is 1. The van der Waals surface area contributed by atoms with E-state index in [4.69, 9.17) is 0 Å². The van der Waals surface area contributed by atoms with Gasteiger partial charge < -0.3 is 0 Å². The molecule has 0 spiro atoms. The summed E-state index contributed by atoms with van der Waals surface area (Å²) in [5.74, 6) is 0.878. The number of hydrogen-bond acceptors (Lipinski definition) is 2. The molecule has 1 atom stereocenters. The zero-order valence-corrected chi connectivity index (χ0v) is 20.6. The number of unbranched alkanes of at least 4 members (excludes halogenated alkanes) is 13. The van der Waals surface area contributed by atoms with Crippen LogP contribution in [0, 0.1) is 6.92 Å². The summed E-state index contributed by atoms with van der Waals surface area (Å²) in [4.78, 5) is 0.309. The zero-order chi connectivity index (χ0) is 21.4. The maximum atomic E-state index is 12.3. The monoisotopic (exact) mass is 441 g/mol. The van der Waals surface area contributed by atoms with Crippen LogP contribution in [0.1, 0.15) is 102 Å². The summed E-state index contributed by atoms with van der Waals surface area (Å²) < 4.78 is 28.8. The molecule has 3 nitrogen and oxygen atoms in total. The van der Waals surface area contributed by atoms with Crippen molar-refractivity contribution >= 4 is 20.7 Å². The van der Waals surface area contributed by atoms with Crippen LogP contribution in [-0.2, 0) is 20.7 Å². The summed E-state index contributed by atoms with van der Waals surface area (Å²) >= 11 is 0. The van der Waals surface area contributed by atoms with Crippen LogP contribution < -0.4 is 0 Å². The Kier molecular flexibility index (Phi) is 14.6. The van der Waals surface area contributed by atoms with Crippen LogP contribution in [-0.4, -0.2) is 20.4 Å². The van der Waals surface area contributed by atoms with E-state index in [1.165, 1.54) is 83.5 Å². The van der Waals surface area contributed by atoms with Crippen LogP contribution in [0.15, 0.2) is 32.9 Å². The number of benzene rings is 1. The van der Waals surface area contributed by atoms with Gasteiger partial charge in [-0.15, -0.1) is 3.77 Å². The number of nitrogens with zero attached hydrogens (tertiary/aromatic N) is 1. The summed E-state index contributed by atoms with van der Waals surface area (Å²) in [6, 6.07) is 6.95.